The lowest BCUT2D eigenvalue weighted by atomic mass is 10.1. The number of rotatable bonds is 10. The van der Waals surface area contributed by atoms with Gasteiger partial charge in [0, 0.05) is 36.7 Å². The number of hydrogen-bond acceptors (Lipinski definition) is 6. The van der Waals surface area contributed by atoms with Crippen LogP contribution in [0.4, 0.5) is 0 Å². The van der Waals surface area contributed by atoms with Gasteiger partial charge in [-0.25, -0.2) is 0 Å². The molecule has 7 nitrogen and oxygen atoms in total. The Bertz CT molecular complexity index is 890. The van der Waals surface area contributed by atoms with Crippen molar-refractivity contribution in [2.24, 2.45) is 0 Å². The largest absolute Gasteiger partial charge is 0.496 e. The van der Waals surface area contributed by atoms with E-state index in [0.717, 1.165) is 56.8 Å². The lowest BCUT2D eigenvalue weighted by molar-refractivity contribution is -0.105. The maximum absolute atomic E-state index is 12.6. The van der Waals surface area contributed by atoms with E-state index in [1.165, 1.54) is 12.8 Å². The molecule has 1 N–H and O–H groups in total. The lowest BCUT2D eigenvalue weighted by Crippen LogP contribution is -2.25. The topological polar surface area (TPSA) is 69.3 Å². The summed E-state index contributed by atoms with van der Waals surface area (Å²) in [5.41, 5.74) is 1.47. The third kappa shape index (κ3) is 6.85. The van der Waals surface area contributed by atoms with Crippen LogP contribution < -0.4 is 19.5 Å². The van der Waals surface area contributed by atoms with Gasteiger partial charge in [-0.2, -0.15) is 0 Å². The molecular weight excluding hydrogens is 420 g/mol. The number of carbonyl (C=O) groups is 1. The average molecular weight is 455 g/mol. The normalized spacial score (nSPS) is 18.6. The first-order valence-corrected chi connectivity index (χ1v) is 11.9. The van der Waals surface area contributed by atoms with E-state index in [1.54, 1.807) is 19.2 Å². The number of likely N-dealkylation sites (tertiary alicyclic amines) is 1. The molecule has 2 aromatic carbocycles. The SMILES string of the molecule is COc1cc(OC2CCCCO2)ccc1CNC(=O)c1ccc(OCCN2CCCC2)cc1. The standard InChI is InChI=1S/C26H34N2O5/c1-30-24-18-23(33-25-6-2-5-16-32-25)12-9-21(24)19-27-26(29)20-7-10-22(11-8-20)31-17-15-28-13-3-4-14-28/h7-12,18,25H,2-6,13-17,19H2,1H3,(H,27,29). The van der Waals surface area contributed by atoms with Crippen molar-refractivity contribution in [3.63, 3.8) is 0 Å². The zero-order valence-electron chi connectivity index (χ0n) is 19.4. The molecule has 0 aromatic heterocycles. The molecule has 2 aliphatic rings. The zero-order chi connectivity index (χ0) is 22.9. The second kappa shape index (κ2) is 11.9. The Morgan fingerprint density at radius 1 is 1.06 bits per heavy atom. The molecule has 1 atom stereocenters. The van der Waals surface area contributed by atoms with Crippen LogP contribution in [0.15, 0.2) is 42.5 Å². The van der Waals surface area contributed by atoms with Gasteiger partial charge in [0.15, 0.2) is 6.29 Å². The van der Waals surface area contributed by atoms with Crippen molar-refractivity contribution in [2.75, 3.05) is 40.0 Å². The second-order valence-corrected chi connectivity index (χ2v) is 8.49. The smallest absolute Gasteiger partial charge is 0.251 e. The molecular formula is C26H34N2O5. The van der Waals surface area contributed by atoms with Crippen molar-refractivity contribution in [1.82, 2.24) is 10.2 Å². The number of benzene rings is 2. The minimum absolute atomic E-state index is 0.142. The molecule has 2 fully saturated rings. The van der Waals surface area contributed by atoms with E-state index in [4.69, 9.17) is 18.9 Å². The highest BCUT2D eigenvalue weighted by molar-refractivity contribution is 5.94. The van der Waals surface area contributed by atoms with Gasteiger partial charge in [0.25, 0.3) is 5.91 Å². The highest BCUT2D eigenvalue weighted by Crippen LogP contribution is 2.27. The van der Waals surface area contributed by atoms with Gasteiger partial charge in [-0.3, -0.25) is 9.69 Å². The van der Waals surface area contributed by atoms with Crippen LogP contribution >= 0.6 is 0 Å². The number of nitrogens with one attached hydrogen (secondary N) is 1. The molecule has 2 aliphatic heterocycles. The highest BCUT2D eigenvalue weighted by Gasteiger charge is 2.16. The van der Waals surface area contributed by atoms with Crippen molar-refractivity contribution < 1.29 is 23.7 Å². The number of carbonyl (C=O) groups excluding carboxylic acids is 1. The summed E-state index contributed by atoms with van der Waals surface area (Å²) in [6, 6.07) is 12.9. The second-order valence-electron chi connectivity index (χ2n) is 8.49. The molecule has 0 aliphatic carbocycles. The summed E-state index contributed by atoms with van der Waals surface area (Å²) in [5, 5.41) is 2.96. The Morgan fingerprint density at radius 3 is 2.58 bits per heavy atom. The number of nitrogens with zero attached hydrogens (tertiary/aromatic N) is 1. The van der Waals surface area contributed by atoms with Crippen molar-refractivity contribution in [2.45, 2.75) is 44.9 Å². The molecule has 33 heavy (non-hydrogen) atoms. The van der Waals surface area contributed by atoms with E-state index in [1.807, 2.05) is 30.3 Å². The van der Waals surface area contributed by atoms with Gasteiger partial charge < -0.3 is 24.3 Å². The molecule has 0 radical (unpaired) electrons. The van der Waals surface area contributed by atoms with E-state index < -0.39 is 0 Å². The summed E-state index contributed by atoms with van der Waals surface area (Å²) in [7, 11) is 1.62. The first kappa shape index (κ1) is 23.4. The van der Waals surface area contributed by atoms with E-state index in [9.17, 15) is 4.79 Å². The Morgan fingerprint density at radius 2 is 1.85 bits per heavy atom. The zero-order valence-corrected chi connectivity index (χ0v) is 19.4. The van der Waals surface area contributed by atoms with Crippen LogP contribution in [0.3, 0.4) is 0 Å². The van der Waals surface area contributed by atoms with E-state index in [2.05, 4.69) is 10.2 Å². The van der Waals surface area contributed by atoms with Gasteiger partial charge in [-0.15, -0.1) is 0 Å². The summed E-state index contributed by atoms with van der Waals surface area (Å²) in [6.07, 6.45) is 5.43. The molecule has 2 aromatic rings. The fraction of sp³-hybridized carbons (Fsp3) is 0.500. The fourth-order valence-electron chi connectivity index (χ4n) is 4.18. The summed E-state index contributed by atoms with van der Waals surface area (Å²) in [5.74, 6) is 2.01. The molecule has 7 heteroatoms. The number of hydrogen-bond donors (Lipinski definition) is 1. The molecule has 0 saturated carbocycles. The van der Waals surface area contributed by atoms with Crippen LogP contribution in [0, 0.1) is 0 Å². The first-order chi connectivity index (χ1) is 16.2. The number of ether oxygens (including phenoxy) is 4. The fourth-order valence-corrected chi connectivity index (χ4v) is 4.18. The van der Waals surface area contributed by atoms with E-state index >= 15 is 0 Å². The minimum Gasteiger partial charge on any atom is -0.496 e. The lowest BCUT2D eigenvalue weighted by Gasteiger charge is -2.23. The summed E-state index contributed by atoms with van der Waals surface area (Å²) in [4.78, 5) is 15.0. The molecule has 0 spiro atoms. The predicted molar refractivity (Wildman–Crippen MR) is 126 cm³/mol. The minimum atomic E-state index is -0.207. The Labute approximate surface area is 196 Å². The third-order valence-electron chi connectivity index (χ3n) is 6.09. The van der Waals surface area contributed by atoms with Crippen LogP contribution in [-0.4, -0.2) is 57.1 Å². The van der Waals surface area contributed by atoms with Crippen LogP contribution in [0.2, 0.25) is 0 Å². The van der Waals surface area contributed by atoms with Gasteiger partial charge in [-0.1, -0.05) is 0 Å². The maximum Gasteiger partial charge on any atom is 0.251 e. The van der Waals surface area contributed by atoms with Gasteiger partial charge >= 0.3 is 0 Å². The third-order valence-corrected chi connectivity index (χ3v) is 6.09. The van der Waals surface area contributed by atoms with Crippen molar-refractivity contribution in [3.8, 4) is 17.2 Å². The molecule has 4 rings (SSSR count). The van der Waals surface area contributed by atoms with Crippen molar-refractivity contribution >= 4 is 5.91 Å². The van der Waals surface area contributed by atoms with Gasteiger partial charge in [0.05, 0.1) is 13.7 Å². The molecule has 1 amide bonds. The van der Waals surface area contributed by atoms with Crippen LogP contribution in [0.5, 0.6) is 17.2 Å². The summed E-state index contributed by atoms with van der Waals surface area (Å²) in [6.45, 7) is 5.03. The molecule has 1 unspecified atom stereocenters. The van der Waals surface area contributed by atoms with Gasteiger partial charge in [-0.05, 0) is 75.2 Å². The van der Waals surface area contributed by atoms with E-state index in [-0.39, 0.29) is 12.2 Å². The molecule has 2 heterocycles. The molecule has 2 saturated heterocycles. The summed E-state index contributed by atoms with van der Waals surface area (Å²) >= 11 is 0. The number of methoxy groups -OCH3 is 1. The van der Waals surface area contributed by atoms with Crippen LogP contribution in [-0.2, 0) is 11.3 Å². The quantitative estimate of drug-likeness (QED) is 0.585. The molecule has 0 bridgehead atoms. The predicted octanol–water partition coefficient (Wildman–Crippen LogP) is 4.01. The Kier molecular flexibility index (Phi) is 8.44. The van der Waals surface area contributed by atoms with Crippen molar-refractivity contribution in [1.29, 1.82) is 0 Å². The number of amides is 1. The van der Waals surface area contributed by atoms with Crippen LogP contribution in [0.1, 0.15) is 48.0 Å². The monoisotopic (exact) mass is 454 g/mol. The van der Waals surface area contributed by atoms with E-state index in [0.29, 0.717) is 30.2 Å². The van der Waals surface area contributed by atoms with Crippen LogP contribution in [0.25, 0.3) is 0 Å². The van der Waals surface area contributed by atoms with Gasteiger partial charge in [0.1, 0.15) is 23.9 Å². The Balaban J connectivity index is 1.25. The maximum atomic E-state index is 12.6. The Hall–Kier alpha value is -2.77. The average Bonchev–Trinajstić information content (AvgIpc) is 3.37. The molecule has 178 valence electrons. The summed E-state index contributed by atoms with van der Waals surface area (Å²) < 4.78 is 22.9. The first-order valence-electron chi connectivity index (χ1n) is 11.9. The van der Waals surface area contributed by atoms with Gasteiger partial charge in [0.2, 0.25) is 0 Å². The van der Waals surface area contributed by atoms with Crippen molar-refractivity contribution in [3.05, 3.63) is 53.6 Å². The highest BCUT2D eigenvalue weighted by atomic mass is 16.7.